The van der Waals surface area contributed by atoms with Crippen molar-refractivity contribution in [3.63, 3.8) is 0 Å². The van der Waals surface area contributed by atoms with Crippen LogP contribution in [0.25, 0.3) is 10.9 Å². The van der Waals surface area contributed by atoms with Crippen molar-refractivity contribution in [1.82, 2.24) is 4.98 Å². The third-order valence-corrected chi connectivity index (χ3v) is 3.80. The average molecular weight is 305 g/mol. The van der Waals surface area contributed by atoms with Gasteiger partial charge in [-0.2, -0.15) is 0 Å². The molecule has 0 fully saturated rings. The highest BCUT2D eigenvalue weighted by molar-refractivity contribution is 6.37. The molecular formula is C15H10Cl2N2O. The number of rotatable bonds is 2. The summed E-state index contributed by atoms with van der Waals surface area (Å²) in [5, 5.41) is 1.61. The van der Waals surface area contributed by atoms with Gasteiger partial charge in [0, 0.05) is 28.2 Å². The van der Waals surface area contributed by atoms with Crippen LogP contribution in [0.15, 0.2) is 42.6 Å². The number of aromatic nitrogens is 1. The molecule has 0 saturated heterocycles. The minimum absolute atomic E-state index is 0.147. The Morgan fingerprint density at radius 3 is 2.65 bits per heavy atom. The number of halogens is 2. The van der Waals surface area contributed by atoms with Crippen LogP contribution in [-0.4, -0.2) is 10.8 Å². The number of anilines is 1. The van der Waals surface area contributed by atoms with E-state index in [0.29, 0.717) is 32.2 Å². The number of nitrogens with two attached hydrogens (primary N) is 1. The summed E-state index contributed by atoms with van der Waals surface area (Å²) in [6.07, 6.45) is 1.66. The van der Waals surface area contributed by atoms with Gasteiger partial charge in [-0.1, -0.05) is 29.3 Å². The van der Waals surface area contributed by atoms with Crippen LogP contribution in [0.5, 0.6) is 0 Å². The number of hydrogen-bond acceptors (Lipinski definition) is 2. The predicted molar refractivity (Wildman–Crippen MR) is 82.6 cm³/mol. The van der Waals surface area contributed by atoms with Gasteiger partial charge >= 0.3 is 0 Å². The van der Waals surface area contributed by atoms with E-state index in [9.17, 15) is 4.79 Å². The highest BCUT2D eigenvalue weighted by atomic mass is 35.5. The zero-order valence-electron chi connectivity index (χ0n) is 10.3. The van der Waals surface area contributed by atoms with E-state index in [1.54, 1.807) is 30.5 Å². The summed E-state index contributed by atoms with van der Waals surface area (Å²) in [5.41, 5.74) is 7.91. The van der Waals surface area contributed by atoms with E-state index in [0.717, 1.165) is 5.52 Å². The van der Waals surface area contributed by atoms with Crippen molar-refractivity contribution >= 4 is 45.6 Å². The molecule has 20 heavy (non-hydrogen) atoms. The van der Waals surface area contributed by atoms with Crippen molar-refractivity contribution in [3.05, 3.63) is 63.8 Å². The maximum absolute atomic E-state index is 12.6. The summed E-state index contributed by atoms with van der Waals surface area (Å²) in [7, 11) is 0. The fourth-order valence-electron chi connectivity index (χ4n) is 2.14. The summed E-state index contributed by atoms with van der Waals surface area (Å²) in [5.74, 6) is -0.147. The summed E-state index contributed by atoms with van der Waals surface area (Å²) < 4.78 is 0. The van der Waals surface area contributed by atoms with Crippen LogP contribution in [0.2, 0.25) is 10.0 Å². The van der Waals surface area contributed by atoms with E-state index in [-0.39, 0.29) is 5.78 Å². The molecule has 2 aromatic carbocycles. The molecule has 5 heteroatoms. The molecule has 0 spiro atoms. The first-order valence-electron chi connectivity index (χ1n) is 5.93. The monoisotopic (exact) mass is 304 g/mol. The van der Waals surface area contributed by atoms with E-state index in [1.165, 1.54) is 0 Å². The second kappa shape index (κ2) is 4.85. The lowest BCUT2D eigenvalue weighted by atomic mass is 10.0. The first kappa shape index (κ1) is 13.0. The van der Waals surface area contributed by atoms with Gasteiger partial charge in [-0.15, -0.1) is 0 Å². The van der Waals surface area contributed by atoms with E-state index < -0.39 is 0 Å². The van der Waals surface area contributed by atoms with Crippen LogP contribution in [0.3, 0.4) is 0 Å². The second-order valence-electron chi connectivity index (χ2n) is 4.43. The second-order valence-corrected chi connectivity index (χ2v) is 5.24. The molecule has 0 atom stereocenters. The van der Waals surface area contributed by atoms with E-state index in [1.807, 2.05) is 12.1 Å². The maximum atomic E-state index is 12.6. The maximum Gasteiger partial charge on any atom is 0.195 e. The molecule has 100 valence electrons. The number of nitrogens with one attached hydrogen (secondary N) is 1. The molecule has 0 aliphatic heterocycles. The molecular weight excluding hydrogens is 295 g/mol. The Bertz CT molecular complexity index is 824. The number of fused-ring (bicyclic) bond motifs is 1. The summed E-state index contributed by atoms with van der Waals surface area (Å²) in [4.78, 5) is 15.6. The van der Waals surface area contributed by atoms with Crippen LogP contribution in [0.1, 0.15) is 15.9 Å². The first-order valence-corrected chi connectivity index (χ1v) is 6.69. The predicted octanol–water partition coefficient (Wildman–Crippen LogP) is 4.29. The molecule has 0 aliphatic carbocycles. The number of carbonyl (C=O) groups is 1. The number of benzene rings is 2. The van der Waals surface area contributed by atoms with Gasteiger partial charge in [0.05, 0.1) is 15.7 Å². The minimum atomic E-state index is -0.147. The number of aromatic amines is 1. The van der Waals surface area contributed by atoms with Crippen LogP contribution in [0, 0.1) is 0 Å². The van der Waals surface area contributed by atoms with Crippen LogP contribution in [-0.2, 0) is 0 Å². The Hall–Kier alpha value is -1.97. The number of hydrogen-bond donors (Lipinski definition) is 2. The molecule has 0 unspecified atom stereocenters. The number of ketones is 1. The van der Waals surface area contributed by atoms with Gasteiger partial charge in [0.15, 0.2) is 5.78 Å². The van der Waals surface area contributed by atoms with Crippen molar-refractivity contribution in [2.45, 2.75) is 0 Å². The number of nitrogen functional groups attached to an aromatic ring is 1. The Balaban J connectivity index is 2.15. The molecule has 0 aliphatic rings. The lowest BCUT2D eigenvalue weighted by Gasteiger charge is -2.03. The fourth-order valence-corrected chi connectivity index (χ4v) is 2.60. The van der Waals surface area contributed by atoms with Gasteiger partial charge in [-0.25, -0.2) is 0 Å². The highest BCUT2D eigenvalue weighted by Crippen LogP contribution is 2.29. The third kappa shape index (κ3) is 2.05. The van der Waals surface area contributed by atoms with Crippen molar-refractivity contribution in [2.75, 3.05) is 5.73 Å². The van der Waals surface area contributed by atoms with Crippen molar-refractivity contribution in [3.8, 4) is 0 Å². The Morgan fingerprint density at radius 1 is 1.10 bits per heavy atom. The van der Waals surface area contributed by atoms with Crippen molar-refractivity contribution in [1.29, 1.82) is 0 Å². The molecule has 3 aromatic rings. The summed E-state index contributed by atoms with van der Waals surface area (Å²) in [6.45, 7) is 0. The quantitative estimate of drug-likeness (QED) is 0.548. The molecule has 3 nitrogen and oxygen atoms in total. The average Bonchev–Trinajstić information content (AvgIpc) is 2.86. The van der Waals surface area contributed by atoms with Gasteiger partial charge in [-0.3, -0.25) is 4.79 Å². The molecule has 0 bridgehead atoms. The molecule has 1 aromatic heterocycles. The van der Waals surface area contributed by atoms with Crippen molar-refractivity contribution in [2.24, 2.45) is 0 Å². The SMILES string of the molecule is Nc1ccc(C(=O)c2c[nH]c3cccc(Cl)c23)cc1Cl. The van der Waals surface area contributed by atoms with Gasteiger partial charge in [-0.05, 0) is 30.3 Å². The zero-order valence-corrected chi connectivity index (χ0v) is 11.8. The highest BCUT2D eigenvalue weighted by Gasteiger charge is 2.16. The summed E-state index contributed by atoms with van der Waals surface area (Å²) in [6, 6.07) is 10.3. The van der Waals surface area contributed by atoms with Crippen LogP contribution in [0.4, 0.5) is 5.69 Å². The fraction of sp³-hybridized carbons (Fsp3) is 0. The van der Waals surface area contributed by atoms with E-state index in [2.05, 4.69) is 4.98 Å². The minimum Gasteiger partial charge on any atom is -0.398 e. The van der Waals surface area contributed by atoms with Crippen LogP contribution < -0.4 is 5.73 Å². The molecule has 3 rings (SSSR count). The molecule has 0 radical (unpaired) electrons. The Morgan fingerprint density at radius 2 is 1.90 bits per heavy atom. The molecule has 0 amide bonds. The standard InChI is InChI=1S/C15H10Cl2N2O/c16-10-2-1-3-13-14(10)9(7-19-13)15(20)8-4-5-12(18)11(17)6-8/h1-7,19H,18H2. The number of H-pyrrole nitrogens is 1. The third-order valence-electron chi connectivity index (χ3n) is 3.16. The topological polar surface area (TPSA) is 58.9 Å². The smallest absolute Gasteiger partial charge is 0.195 e. The van der Waals surface area contributed by atoms with Crippen LogP contribution >= 0.6 is 23.2 Å². The largest absolute Gasteiger partial charge is 0.398 e. The van der Waals surface area contributed by atoms with E-state index in [4.69, 9.17) is 28.9 Å². The van der Waals surface area contributed by atoms with Crippen molar-refractivity contribution < 1.29 is 4.79 Å². The molecule has 0 saturated carbocycles. The van der Waals surface area contributed by atoms with Gasteiger partial charge in [0.2, 0.25) is 0 Å². The Labute approximate surface area is 125 Å². The van der Waals surface area contributed by atoms with Gasteiger partial charge in [0.25, 0.3) is 0 Å². The lowest BCUT2D eigenvalue weighted by Crippen LogP contribution is -2.01. The Kier molecular flexibility index (Phi) is 3.16. The van der Waals surface area contributed by atoms with E-state index >= 15 is 0 Å². The first-order chi connectivity index (χ1) is 9.58. The molecule has 1 heterocycles. The molecule has 3 N–H and O–H groups in total. The van der Waals surface area contributed by atoms with Gasteiger partial charge in [0.1, 0.15) is 0 Å². The normalized spacial score (nSPS) is 10.9. The van der Waals surface area contributed by atoms with Gasteiger partial charge < -0.3 is 10.7 Å². The zero-order chi connectivity index (χ0) is 14.3. The summed E-state index contributed by atoms with van der Waals surface area (Å²) >= 11 is 12.1. The lowest BCUT2D eigenvalue weighted by molar-refractivity contribution is 0.104. The number of carbonyl (C=O) groups excluding carboxylic acids is 1.